The Morgan fingerprint density at radius 2 is 1.57 bits per heavy atom. The minimum absolute atomic E-state index is 0.524. The fourth-order valence-corrected chi connectivity index (χ4v) is 1.11. The third kappa shape index (κ3) is 3.49. The molecule has 1 aromatic rings. The number of hydrogen-bond donors (Lipinski definition) is 0. The molecule has 80 valence electrons. The molecule has 0 aliphatic heterocycles. The van der Waals surface area contributed by atoms with Crippen LogP contribution in [0.1, 0.15) is 45.2 Å². The third-order valence-electron chi connectivity index (χ3n) is 2.32. The zero-order valence-corrected chi connectivity index (χ0v) is 9.89. The smallest absolute Gasteiger partial charge is 0.133 e. The third-order valence-corrected chi connectivity index (χ3v) is 2.32. The van der Waals surface area contributed by atoms with Crippen LogP contribution in [0.15, 0.2) is 24.3 Å². The Balaban J connectivity index is 0.000000791. The summed E-state index contributed by atoms with van der Waals surface area (Å²) in [7, 11) is 0. The molecule has 0 spiro atoms. The summed E-state index contributed by atoms with van der Waals surface area (Å²) in [5.41, 5.74) is 0.773. The van der Waals surface area contributed by atoms with Gasteiger partial charge >= 0.3 is 0 Å². The van der Waals surface area contributed by atoms with Gasteiger partial charge in [-0.05, 0) is 25.8 Å². The van der Waals surface area contributed by atoms with Crippen LogP contribution < -0.4 is 0 Å². The summed E-state index contributed by atoms with van der Waals surface area (Å²) in [6, 6.07) is 7.61. The molecule has 0 bridgehead atoms. The highest BCUT2D eigenvalue weighted by Gasteiger charge is 2.22. The fraction of sp³-hybridized carbons (Fsp3) is 0.538. The van der Waals surface area contributed by atoms with Crippen LogP contribution in [0.25, 0.3) is 0 Å². The van der Waals surface area contributed by atoms with Crippen LogP contribution in [0.4, 0.5) is 4.39 Å². The van der Waals surface area contributed by atoms with Gasteiger partial charge in [-0.15, -0.1) is 0 Å². The monoisotopic (exact) mass is 196 g/mol. The first-order valence-corrected chi connectivity index (χ1v) is 5.32. The molecule has 14 heavy (non-hydrogen) atoms. The second-order valence-electron chi connectivity index (χ2n) is 3.42. The van der Waals surface area contributed by atoms with Crippen molar-refractivity contribution in [1.82, 2.24) is 0 Å². The average molecular weight is 196 g/mol. The van der Waals surface area contributed by atoms with E-state index in [-0.39, 0.29) is 0 Å². The van der Waals surface area contributed by atoms with Crippen molar-refractivity contribution in [2.75, 3.05) is 0 Å². The first-order valence-electron chi connectivity index (χ1n) is 5.32. The van der Waals surface area contributed by atoms with Gasteiger partial charge in [-0.2, -0.15) is 0 Å². The SMILES string of the molecule is CC.CCC(C)(F)c1ccc(C)cc1. The van der Waals surface area contributed by atoms with Crippen LogP contribution in [-0.4, -0.2) is 0 Å². The van der Waals surface area contributed by atoms with Crippen molar-refractivity contribution in [2.45, 2.75) is 46.7 Å². The lowest BCUT2D eigenvalue weighted by Gasteiger charge is -2.18. The number of rotatable bonds is 2. The normalized spacial score (nSPS) is 13.9. The van der Waals surface area contributed by atoms with Gasteiger partial charge in [-0.25, -0.2) is 4.39 Å². The minimum Gasteiger partial charge on any atom is -0.239 e. The molecule has 1 aromatic carbocycles. The van der Waals surface area contributed by atoms with Gasteiger partial charge in [0, 0.05) is 0 Å². The molecule has 0 saturated carbocycles. The Morgan fingerprint density at radius 1 is 1.14 bits per heavy atom. The van der Waals surface area contributed by atoms with E-state index < -0.39 is 5.67 Å². The molecule has 0 heterocycles. The fourth-order valence-electron chi connectivity index (χ4n) is 1.11. The predicted octanol–water partition coefficient (Wildman–Crippen LogP) is 4.62. The maximum absolute atomic E-state index is 13.7. The summed E-state index contributed by atoms with van der Waals surface area (Å²) < 4.78 is 13.7. The summed E-state index contributed by atoms with van der Waals surface area (Å²) in [6.07, 6.45) is 0.524. The van der Waals surface area contributed by atoms with Gasteiger partial charge < -0.3 is 0 Å². The maximum Gasteiger partial charge on any atom is 0.133 e. The molecule has 0 aliphatic rings. The molecule has 0 aromatic heterocycles. The zero-order chi connectivity index (χ0) is 11.2. The molecule has 1 heteroatoms. The van der Waals surface area contributed by atoms with Crippen molar-refractivity contribution >= 4 is 0 Å². The van der Waals surface area contributed by atoms with E-state index in [0.717, 1.165) is 5.56 Å². The van der Waals surface area contributed by atoms with Crippen LogP contribution in [0, 0.1) is 6.92 Å². The summed E-state index contributed by atoms with van der Waals surface area (Å²) in [4.78, 5) is 0. The van der Waals surface area contributed by atoms with Gasteiger partial charge in [0.25, 0.3) is 0 Å². The van der Waals surface area contributed by atoms with Crippen molar-refractivity contribution in [3.05, 3.63) is 35.4 Å². The maximum atomic E-state index is 13.7. The van der Waals surface area contributed by atoms with Gasteiger partial charge in [0.15, 0.2) is 0 Å². The summed E-state index contributed by atoms with van der Waals surface area (Å²) in [5.74, 6) is 0. The van der Waals surface area contributed by atoms with E-state index in [9.17, 15) is 4.39 Å². The van der Waals surface area contributed by atoms with E-state index >= 15 is 0 Å². The van der Waals surface area contributed by atoms with E-state index in [0.29, 0.717) is 6.42 Å². The highest BCUT2D eigenvalue weighted by Crippen LogP contribution is 2.28. The Morgan fingerprint density at radius 3 is 1.93 bits per heavy atom. The van der Waals surface area contributed by atoms with Crippen LogP contribution >= 0.6 is 0 Å². The Bertz CT molecular complexity index is 246. The zero-order valence-electron chi connectivity index (χ0n) is 9.89. The molecule has 0 nitrogen and oxygen atoms in total. The largest absolute Gasteiger partial charge is 0.239 e. The number of hydrogen-bond acceptors (Lipinski definition) is 0. The molecular formula is C13H21F. The lowest BCUT2D eigenvalue weighted by atomic mass is 9.95. The van der Waals surface area contributed by atoms with E-state index in [1.54, 1.807) is 6.92 Å². The molecule has 0 fully saturated rings. The van der Waals surface area contributed by atoms with E-state index in [1.165, 1.54) is 5.56 Å². The van der Waals surface area contributed by atoms with Crippen molar-refractivity contribution < 1.29 is 4.39 Å². The molecule has 1 unspecified atom stereocenters. The quantitative estimate of drug-likeness (QED) is 0.647. The highest BCUT2D eigenvalue weighted by atomic mass is 19.1. The van der Waals surface area contributed by atoms with Gasteiger partial charge in [0.2, 0.25) is 0 Å². The van der Waals surface area contributed by atoms with Gasteiger partial charge in [0.1, 0.15) is 5.67 Å². The van der Waals surface area contributed by atoms with Crippen molar-refractivity contribution in [1.29, 1.82) is 0 Å². The number of aryl methyl sites for hydroxylation is 1. The summed E-state index contributed by atoms with van der Waals surface area (Å²) >= 11 is 0. The average Bonchev–Trinajstić information content (AvgIpc) is 2.21. The molecular weight excluding hydrogens is 175 g/mol. The number of halogens is 1. The molecule has 0 N–H and O–H groups in total. The molecule has 0 radical (unpaired) electrons. The van der Waals surface area contributed by atoms with Crippen LogP contribution in [0.3, 0.4) is 0 Å². The second-order valence-corrected chi connectivity index (χ2v) is 3.42. The van der Waals surface area contributed by atoms with Gasteiger partial charge in [-0.3, -0.25) is 0 Å². The minimum atomic E-state index is -1.17. The Kier molecular flexibility index (Phi) is 5.44. The van der Waals surface area contributed by atoms with E-state index in [4.69, 9.17) is 0 Å². The highest BCUT2D eigenvalue weighted by molar-refractivity contribution is 5.25. The molecule has 0 aliphatic carbocycles. The van der Waals surface area contributed by atoms with Crippen LogP contribution in [-0.2, 0) is 5.67 Å². The second kappa shape index (κ2) is 5.79. The molecule has 0 amide bonds. The van der Waals surface area contributed by atoms with E-state index in [2.05, 4.69) is 0 Å². The first-order chi connectivity index (χ1) is 6.56. The van der Waals surface area contributed by atoms with Crippen molar-refractivity contribution in [3.63, 3.8) is 0 Å². The van der Waals surface area contributed by atoms with Crippen LogP contribution in [0.2, 0.25) is 0 Å². The lowest BCUT2D eigenvalue weighted by Crippen LogP contribution is -2.12. The van der Waals surface area contributed by atoms with Gasteiger partial charge in [-0.1, -0.05) is 50.6 Å². The van der Waals surface area contributed by atoms with Gasteiger partial charge in [0.05, 0.1) is 0 Å². The Hall–Kier alpha value is -0.850. The summed E-state index contributed by atoms with van der Waals surface area (Å²) in [6.45, 7) is 9.49. The lowest BCUT2D eigenvalue weighted by molar-refractivity contribution is 0.185. The van der Waals surface area contributed by atoms with Crippen molar-refractivity contribution in [3.8, 4) is 0 Å². The predicted molar refractivity (Wildman–Crippen MR) is 61.3 cm³/mol. The standard InChI is InChI=1S/C11H15F.C2H6/c1-4-11(3,12)10-7-5-9(2)6-8-10;1-2/h5-8H,4H2,1-3H3;1-2H3. The summed E-state index contributed by atoms with van der Waals surface area (Å²) in [5, 5.41) is 0. The topological polar surface area (TPSA) is 0 Å². The molecule has 0 saturated heterocycles. The molecule has 1 atom stereocenters. The van der Waals surface area contributed by atoms with Crippen molar-refractivity contribution in [2.24, 2.45) is 0 Å². The Labute approximate surface area is 87.2 Å². The van der Waals surface area contributed by atoms with Crippen LogP contribution in [0.5, 0.6) is 0 Å². The van der Waals surface area contributed by atoms with E-state index in [1.807, 2.05) is 52.0 Å². The number of benzene rings is 1. The number of alkyl halides is 1. The first kappa shape index (κ1) is 13.2. The molecule has 1 rings (SSSR count).